The highest BCUT2D eigenvalue weighted by molar-refractivity contribution is 5.87. The number of carbonyl (C=O) groups is 3. The lowest BCUT2D eigenvalue weighted by molar-refractivity contribution is -0.423. The summed E-state index contributed by atoms with van der Waals surface area (Å²) in [7, 11) is 4.68. The molecule has 458 valence electrons. The van der Waals surface area contributed by atoms with E-state index in [0.29, 0.717) is 6.42 Å². The van der Waals surface area contributed by atoms with E-state index in [2.05, 4.69) is 16.0 Å². The van der Waals surface area contributed by atoms with Crippen molar-refractivity contribution >= 4 is 17.7 Å². The van der Waals surface area contributed by atoms with Crippen molar-refractivity contribution in [2.75, 3.05) is 40.8 Å². The van der Waals surface area contributed by atoms with Crippen molar-refractivity contribution < 1.29 is 97.9 Å². The van der Waals surface area contributed by atoms with Gasteiger partial charge in [0, 0.05) is 63.9 Å². The van der Waals surface area contributed by atoms with Crippen molar-refractivity contribution in [3.05, 3.63) is 0 Å². The second-order valence-corrected chi connectivity index (χ2v) is 24.8. The number of likely N-dealkylation sites (N-methyl/N-ethyl adjacent to an activating group) is 2. The Morgan fingerprint density at radius 1 is 0.785 bits per heavy atom. The first-order valence-electron chi connectivity index (χ1n) is 28.6. The minimum absolute atomic E-state index is 0.00737. The lowest BCUT2D eigenvalue weighted by atomic mass is 9.72. The Balaban J connectivity index is 1.22. The molecule has 0 radical (unpaired) electrons. The van der Waals surface area contributed by atoms with Crippen LogP contribution in [0.5, 0.6) is 0 Å². The van der Waals surface area contributed by atoms with Crippen LogP contribution < -0.4 is 16.0 Å². The summed E-state index contributed by atoms with van der Waals surface area (Å²) in [5.74, 6) is -7.79. The number of nitrogens with zero attached hydrogens (tertiary/aromatic N) is 1. The van der Waals surface area contributed by atoms with Crippen LogP contribution >= 0.6 is 0 Å². The van der Waals surface area contributed by atoms with Gasteiger partial charge in [-0.05, 0) is 93.7 Å². The number of aliphatic hydroxyl groups is 8. The van der Waals surface area contributed by atoms with Gasteiger partial charge in [0.2, 0.25) is 12.2 Å². The van der Waals surface area contributed by atoms with E-state index in [0.717, 1.165) is 0 Å². The highest BCUT2D eigenvalue weighted by Gasteiger charge is 2.64. The number of rotatable bonds is 15. The first kappa shape index (κ1) is 66.0. The van der Waals surface area contributed by atoms with Gasteiger partial charge in [0.15, 0.2) is 18.4 Å². The van der Waals surface area contributed by atoms with E-state index in [4.69, 9.17) is 42.6 Å². The fraction of sp³-hybridized carbons (Fsp3) is 0.945. The molecule has 28 atom stereocenters. The van der Waals surface area contributed by atoms with Crippen LogP contribution in [0.3, 0.4) is 0 Å². The zero-order valence-electron chi connectivity index (χ0n) is 49.1. The Kier molecular flexibility index (Phi) is 22.1. The summed E-state index contributed by atoms with van der Waals surface area (Å²) >= 11 is 0. The molecule has 11 N–H and O–H groups in total. The molecule has 0 aromatic heterocycles. The molecule has 5 heterocycles. The number of aliphatic hydroxyl groups excluding tert-OH is 5. The molecular formula is C55H98N4O20. The monoisotopic (exact) mass is 1130 g/mol. The Morgan fingerprint density at radius 3 is 2.09 bits per heavy atom. The van der Waals surface area contributed by atoms with Crippen LogP contribution in [0.1, 0.15) is 122 Å². The molecule has 6 aliphatic rings. The smallest absolute Gasteiger partial charge is 0.311 e. The highest BCUT2D eigenvalue weighted by atomic mass is 16.8. The fourth-order valence-corrected chi connectivity index (χ4v) is 13.5. The third-order valence-electron chi connectivity index (χ3n) is 18.4. The molecule has 9 unspecified atom stereocenters. The van der Waals surface area contributed by atoms with Crippen molar-refractivity contribution in [3.8, 4) is 0 Å². The minimum atomic E-state index is -2.48. The van der Waals surface area contributed by atoms with Gasteiger partial charge in [-0.25, -0.2) is 0 Å². The number of hydrogen-bond acceptors (Lipinski definition) is 23. The minimum Gasteiger partial charge on any atom is -0.459 e. The summed E-state index contributed by atoms with van der Waals surface area (Å²) in [6.45, 7) is 20.8. The Labute approximate surface area is 466 Å². The Morgan fingerprint density at radius 2 is 1.46 bits per heavy atom. The zero-order chi connectivity index (χ0) is 59.0. The van der Waals surface area contributed by atoms with Crippen LogP contribution in [0, 0.1) is 29.6 Å². The number of fused-ring (bicyclic) bond motifs is 2. The lowest BCUT2D eigenvalue weighted by Gasteiger charge is -2.56. The first-order chi connectivity index (χ1) is 36.8. The maximum absolute atomic E-state index is 14.5. The number of esters is 1. The van der Waals surface area contributed by atoms with Crippen molar-refractivity contribution in [2.45, 2.75) is 261 Å². The highest BCUT2D eigenvalue weighted by Crippen LogP contribution is 2.44. The van der Waals surface area contributed by atoms with E-state index in [1.165, 1.54) is 14.0 Å². The maximum atomic E-state index is 14.5. The SMILES string of the molecule is CC[C@H]1OC(=O)[C@H](C)[C@@H](OC2CC(C)(OC)C(O)C(C)O2)C(C)[C@@H](OC2OC(C)CC(C)C2O)[C@](C)(O)C[C@@H](C)[C@H](NCCNC(=O)CCN(C)[C@H]2[C@@H](O)[C@@H](NC)[C@H](O)[C@H]3O[C@@H]4O[C@H](C)CC(=O)[C@]4(O)O[C@@H]32)[C@H](C)[C@@H](O)[C@]1(C)O. The number of hydrogen-bond donors (Lipinski definition) is 11. The second kappa shape index (κ2) is 26.4. The quantitative estimate of drug-likeness (QED) is 0.0705. The van der Waals surface area contributed by atoms with E-state index in [-0.39, 0.29) is 69.7 Å². The first-order valence-corrected chi connectivity index (χ1v) is 28.6. The van der Waals surface area contributed by atoms with Crippen LogP contribution in [-0.4, -0.2) is 243 Å². The lowest BCUT2D eigenvalue weighted by Crippen LogP contribution is -2.78. The average Bonchev–Trinajstić information content (AvgIpc) is 3.37. The van der Waals surface area contributed by atoms with Crippen LogP contribution in [0.2, 0.25) is 0 Å². The number of cyclic esters (lactones) is 1. The summed E-state index contributed by atoms with van der Waals surface area (Å²) in [4.78, 5) is 42.9. The molecule has 0 bridgehead atoms. The van der Waals surface area contributed by atoms with Gasteiger partial charge in [0.05, 0.1) is 71.9 Å². The van der Waals surface area contributed by atoms with Crippen LogP contribution in [0.4, 0.5) is 0 Å². The molecule has 79 heavy (non-hydrogen) atoms. The molecular weight excluding hydrogens is 1040 g/mol. The normalized spacial score (nSPS) is 49.5. The molecule has 1 amide bonds. The van der Waals surface area contributed by atoms with E-state index >= 15 is 0 Å². The Bertz CT molecular complexity index is 2030. The molecule has 0 aromatic rings. The third-order valence-corrected chi connectivity index (χ3v) is 18.4. The largest absolute Gasteiger partial charge is 0.459 e. The summed E-state index contributed by atoms with van der Waals surface area (Å²) in [5, 5.41) is 104. The molecule has 6 rings (SSSR count). The van der Waals surface area contributed by atoms with Gasteiger partial charge < -0.3 is 99.4 Å². The Hall–Kier alpha value is -2.15. The summed E-state index contributed by atoms with van der Waals surface area (Å²) in [6.07, 6.45) is -17.0. The molecule has 6 fully saturated rings. The predicted molar refractivity (Wildman–Crippen MR) is 282 cm³/mol. The summed E-state index contributed by atoms with van der Waals surface area (Å²) in [5.41, 5.74) is -4.89. The molecule has 24 nitrogen and oxygen atoms in total. The number of ether oxygens (including phenoxy) is 9. The van der Waals surface area contributed by atoms with Crippen molar-refractivity contribution in [2.24, 2.45) is 29.6 Å². The number of nitrogens with one attached hydrogen (secondary N) is 3. The van der Waals surface area contributed by atoms with E-state index in [1.807, 2.05) is 20.8 Å². The molecule has 24 heteroatoms. The second-order valence-electron chi connectivity index (χ2n) is 24.8. The van der Waals surface area contributed by atoms with Crippen molar-refractivity contribution in [3.63, 3.8) is 0 Å². The molecule has 5 saturated heterocycles. The van der Waals surface area contributed by atoms with Gasteiger partial charge in [-0.3, -0.25) is 19.3 Å². The third kappa shape index (κ3) is 14.0. The fourth-order valence-electron chi connectivity index (χ4n) is 13.5. The van der Waals surface area contributed by atoms with Gasteiger partial charge in [-0.1, -0.05) is 34.6 Å². The van der Waals surface area contributed by atoms with E-state index in [9.17, 15) is 55.2 Å². The van der Waals surface area contributed by atoms with Crippen LogP contribution in [0.15, 0.2) is 0 Å². The predicted octanol–water partition coefficient (Wildman–Crippen LogP) is -0.813. The zero-order valence-corrected chi connectivity index (χ0v) is 49.1. The summed E-state index contributed by atoms with van der Waals surface area (Å²) in [6, 6.07) is -2.57. The number of Topliss-reactive ketones (excluding diaryl/α,β-unsaturated/α-hetero) is 1. The molecule has 0 aromatic carbocycles. The summed E-state index contributed by atoms with van der Waals surface area (Å²) < 4.78 is 55.6. The van der Waals surface area contributed by atoms with Crippen LogP contribution in [-0.2, 0) is 57.0 Å². The number of carbonyl (C=O) groups excluding carboxylic acids is 3. The molecule has 5 aliphatic heterocycles. The number of methoxy groups -OCH3 is 1. The van der Waals surface area contributed by atoms with Gasteiger partial charge in [-0.2, -0.15) is 0 Å². The van der Waals surface area contributed by atoms with Crippen molar-refractivity contribution in [1.29, 1.82) is 0 Å². The van der Waals surface area contributed by atoms with Gasteiger partial charge in [0.1, 0.15) is 42.2 Å². The molecule has 1 saturated carbocycles. The van der Waals surface area contributed by atoms with Gasteiger partial charge in [-0.15, -0.1) is 0 Å². The topological polar surface area (TPSA) is 335 Å². The average molecular weight is 1140 g/mol. The molecule has 1 aliphatic carbocycles. The van der Waals surface area contributed by atoms with Gasteiger partial charge in [0.25, 0.3) is 5.79 Å². The maximum Gasteiger partial charge on any atom is 0.311 e. The standard InChI is InChI=1S/C55H98N4O20/c1-16-34-54(12,69)46(65)29(6)37(58-19-18-57-35(61)17-20-59(14)39-41(63)38(56-13)42(64)45-44(39)79-55(70)33(60)22-28(5)73-51(55)77-45)26(3)23-52(10,68)48(78-50-40(62)25(2)21-27(4)72-50)30(7)43(31(8)49(67)75-34)76-36-24-53(11,71-15)47(66)32(9)74-36/h25-32,34,36-48,50-51,56,58,62-66,68-70H,16-24H2,1-15H3,(H,57,61)/t25?,26-,27?,28-,29+,30?,31-,32?,34-,36?,37+,38-,39+,40?,41+,42+,43+,44-,45-,46-,47?,48-,50?,51+,52-,53?,54-,55+/m1/s1. The van der Waals surface area contributed by atoms with Gasteiger partial charge >= 0.3 is 5.97 Å². The van der Waals surface area contributed by atoms with Crippen LogP contribution in [0.25, 0.3) is 0 Å². The number of amides is 1. The molecule has 0 spiro atoms. The number of ketones is 1. The van der Waals surface area contributed by atoms with E-state index in [1.54, 1.807) is 74.4 Å². The van der Waals surface area contributed by atoms with Crippen molar-refractivity contribution in [1.82, 2.24) is 20.9 Å². The van der Waals surface area contributed by atoms with E-state index < -0.39 is 168 Å².